The highest BCUT2D eigenvalue weighted by atomic mass is 35.5. The van der Waals surface area contributed by atoms with Gasteiger partial charge in [-0.05, 0) is 35.2 Å². The van der Waals surface area contributed by atoms with E-state index in [0.717, 1.165) is 19.4 Å². The predicted octanol–water partition coefficient (Wildman–Crippen LogP) is 2.43. The van der Waals surface area contributed by atoms with Gasteiger partial charge in [-0.1, -0.05) is 0 Å². The fraction of sp³-hybridized carbons (Fsp3) is 0.500. The standard InChI is InChI=1S/C10H14ClNOS/c11-5-1-2-10(13)12-6-3-9-4-7-14-8-9/h4,7-8H,1-3,5-6H2,(H,12,13). The Morgan fingerprint density at radius 2 is 2.43 bits per heavy atom. The largest absolute Gasteiger partial charge is 0.356 e. The summed E-state index contributed by atoms with van der Waals surface area (Å²) < 4.78 is 0. The summed E-state index contributed by atoms with van der Waals surface area (Å²) in [6.45, 7) is 0.720. The molecule has 78 valence electrons. The third-order valence-electron chi connectivity index (χ3n) is 1.85. The van der Waals surface area contributed by atoms with Crippen LogP contribution in [0.15, 0.2) is 16.8 Å². The van der Waals surface area contributed by atoms with E-state index in [0.29, 0.717) is 12.3 Å². The fourth-order valence-electron chi connectivity index (χ4n) is 1.10. The Morgan fingerprint density at radius 3 is 3.07 bits per heavy atom. The molecule has 0 bridgehead atoms. The zero-order chi connectivity index (χ0) is 10.2. The molecule has 1 heterocycles. The molecule has 4 heteroatoms. The average molecular weight is 232 g/mol. The van der Waals surface area contributed by atoms with E-state index in [1.54, 1.807) is 11.3 Å². The van der Waals surface area contributed by atoms with Crippen molar-refractivity contribution < 1.29 is 4.79 Å². The highest BCUT2D eigenvalue weighted by molar-refractivity contribution is 7.07. The number of alkyl halides is 1. The van der Waals surface area contributed by atoms with Crippen LogP contribution in [0.3, 0.4) is 0 Å². The molecule has 2 nitrogen and oxygen atoms in total. The second kappa shape index (κ2) is 6.85. The number of hydrogen-bond acceptors (Lipinski definition) is 2. The second-order valence-electron chi connectivity index (χ2n) is 3.02. The Hall–Kier alpha value is -0.540. The van der Waals surface area contributed by atoms with Gasteiger partial charge in [-0.3, -0.25) is 4.79 Å². The van der Waals surface area contributed by atoms with Crippen molar-refractivity contribution in [1.82, 2.24) is 5.32 Å². The first-order chi connectivity index (χ1) is 6.83. The van der Waals surface area contributed by atoms with Crippen molar-refractivity contribution in [3.05, 3.63) is 22.4 Å². The van der Waals surface area contributed by atoms with Crippen LogP contribution in [-0.2, 0) is 11.2 Å². The van der Waals surface area contributed by atoms with Crippen LogP contribution >= 0.6 is 22.9 Å². The molecule has 0 saturated heterocycles. The summed E-state index contributed by atoms with van der Waals surface area (Å²) in [6, 6.07) is 2.08. The summed E-state index contributed by atoms with van der Waals surface area (Å²) in [5.74, 6) is 0.652. The molecule has 0 aromatic carbocycles. The Kier molecular flexibility index (Phi) is 5.64. The lowest BCUT2D eigenvalue weighted by molar-refractivity contribution is -0.121. The Bertz CT molecular complexity index is 261. The lowest BCUT2D eigenvalue weighted by Gasteiger charge is -2.02. The third kappa shape index (κ3) is 4.63. The van der Waals surface area contributed by atoms with Crippen LogP contribution < -0.4 is 5.32 Å². The molecule has 0 unspecified atom stereocenters. The third-order valence-corrected chi connectivity index (χ3v) is 2.85. The number of halogens is 1. The second-order valence-corrected chi connectivity index (χ2v) is 4.18. The van der Waals surface area contributed by atoms with Crippen molar-refractivity contribution in [1.29, 1.82) is 0 Å². The summed E-state index contributed by atoms with van der Waals surface area (Å²) in [4.78, 5) is 11.2. The van der Waals surface area contributed by atoms with Crippen LogP contribution in [0.4, 0.5) is 0 Å². The lowest BCUT2D eigenvalue weighted by atomic mass is 10.2. The number of carbonyl (C=O) groups is 1. The van der Waals surface area contributed by atoms with E-state index in [4.69, 9.17) is 11.6 Å². The highest BCUT2D eigenvalue weighted by Gasteiger charge is 1.99. The topological polar surface area (TPSA) is 29.1 Å². The van der Waals surface area contributed by atoms with Crippen molar-refractivity contribution in [2.75, 3.05) is 12.4 Å². The van der Waals surface area contributed by atoms with E-state index in [-0.39, 0.29) is 5.91 Å². The van der Waals surface area contributed by atoms with Gasteiger partial charge in [0.2, 0.25) is 5.91 Å². The molecule has 0 fully saturated rings. The van der Waals surface area contributed by atoms with Gasteiger partial charge in [0.05, 0.1) is 0 Å². The van der Waals surface area contributed by atoms with Crippen LogP contribution in [0.2, 0.25) is 0 Å². The first-order valence-electron chi connectivity index (χ1n) is 4.66. The van der Waals surface area contributed by atoms with Gasteiger partial charge in [-0.25, -0.2) is 0 Å². The molecule has 1 amide bonds. The molecule has 1 aromatic rings. The van der Waals surface area contributed by atoms with Crippen molar-refractivity contribution >= 4 is 28.8 Å². The minimum Gasteiger partial charge on any atom is -0.356 e. The van der Waals surface area contributed by atoms with Crippen molar-refractivity contribution in [2.24, 2.45) is 0 Å². The molecule has 0 aliphatic heterocycles. The van der Waals surface area contributed by atoms with E-state index < -0.39 is 0 Å². The molecule has 1 aromatic heterocycles. The Labute approximate surface area is 93.3 Å². The maximum absolute atomic E-state index is 11.2. The molecule has 14 heavy (non-hydrogen) atoms. The lowest BCUT2D eigenvalue weighted by Crippen LogP contribution is -2.25. The van der Waals surface area contributed by atoms with E-state index in [9.17, 15) is 4.79 Å². The van der Waals surface area contributed by atoms with Crippen molar-refractivity contribution in [3.63, 3.8) is 0 Å². The predicted molar refractivity (Wildman–Crippen MR) is 61.0 cm³/mol. The first kappa shape index (κ1) is 11.5. The number of thiophene rings is 1. The number of amides is 1. The molecule has 0 saturated carbocycles. The molecular weight excluding hydrogens is 218 g/mol. The van der Waals surface area contributed by atoms with Gasteiger partial charge in [-0.2, -0.15) is 11.3 Å². The molecule has 1 rings (SSSR count). The summed E-state index contributed by atoms with van der Waals surface area (Å²) >= 11 is 7.16. The van der Waals surface area contributed by atoms with E-state index in [1.165, 1.54) is 5.56 Å². The van der Waals surface area contributed by atoms with Crippen LogP contribution in [0.5, 0.6) is 0 Å². The molecule has 0 aliphatic rings. The molecular formula is C10H14ClNOS. The molecule has 0 spiro atoms. The Morgan fingerprint density at radius 1 is 1.57 bits per heavy atom. The smallest absolute Gasteiger partial charge is 0.220 e. The number of nitrogens with one attached hydrogen (secondary N) is 1. The maximum Gasteiger partial charge on any atom is 0.220 e. The summed E-state index contributed by atoms with van der Waals surface area (Å²) in [5.41, 5.74) is 1.28. The van der Waals surface area contributed by atoms with Gasteiger partial charge in [0.15, 0.2) is 0 Å². The van der Waals surface area contributed by atoms with Gasteiger partial charge >= 0.3 is 0 Å². The average Bonchev–Trinajstić information content (AvgIpc) is 2.67. The minimum atomic E-state index is 0.0980. The van der Waals surface area contributed by atoms with Gasteiger partial charge < -0.3 is 5.32 Å². The summed E-state index contributed by atoms with van der Waals surface area (Å²) in [5, 5.41) is 7.01. The fourth-order valence-corrected chi connectivity index (χ4v) is 1.93. The minimum absolute atomic E-state index is 0.0980. The molecule has 0 aliphatic carbocycles. The molecule has 1 N–H and O–H groups in total. The quantitative estimate of drug-likeness (QED) is 0.749. The van der Waals surface area contributed by atoms with Crippen molar-refractivity contribution in [3.8, 4) is 0 Å². The summed E-state index contributed by atoms with van der Waals surface area (Å²) in [7, 11) is 0. The van der Waals surface area contributed by atoms with E-state index in [1.807, 2.05) is 5.38 Å². The monoisotopic (exact) mass is 231 g/mol. The van der Waals surface area contributed by atoms with Crippen LogP contribution in [0, 0.1) is 0 Å². The first-order valence-corrected chi connectivity index (χ1v) is 6.14. The maximum atomic E-state index is 11.2. The van der Waals surface area contributed by atoms with Gasteiger partial charge in [0.25, 0.3) is 0 Å². The van der Waals surface area contributed by atoms with Gasteiger partial charge in [0.1, 0.15) is 0 Å². The number of carbonyl (C=O) groups excluding carboxylic acids is 1. The van der Waals surface area contributed by atoms with Gasteiger partial charge in [0, 0.05) is 18.8 Å². The zero-order valence-electron chi connectivity index (χ0n) is 7.96. The highest BCUT2D eigenvalue weighted by Crippen LogP contribution is 2.05. The number of rotatable bonds is 6. The summed E-state index contributed by atoms with van der Waals surface area (Å²) in [6.07, 6.45) is 2.20. The van der Waals surface area contributed by atoms with Crippen LogP contribution in [0.25, 0.3) is 0 Å². The number of hydrogen-bond donors (Lipinski definition) is 1. The van der Waals surface area contributed by atoms with Crippen LogP contribution in [-0.4, -0.2) is 18.3 Å². The van der Waals surface area contributed by atoms with Crippen molar-refractivity contribution in [2.45, 2.75) is 19.3 Å². The molecule has 0 atom stereocenters. The van der Waals surface area contributed by atoms with E-state index >= 15 is 0 Å². The van der Waals surface area contributed by atoms with E-state index in [2.05, 4.69) is 16.8 Å². The molecule has 0 radical (unpaired) electrons. The Balaban J connectivity index is 2.06. The normalized spacial score (nSPS) is 10.1. The van der Waals surface area contributed by atoms with Gasteiger partial charge in [-0.15, -0.1) is 11.6 Å². The van der Waals surface area contributed by atoms with Crippen LogP contribution in [0.1, 0.15) is 18.4 Å². The SMILES string of the molecule is O=C(CCCCl)NCCc1ccsc1. The zero-order valence-corrected chi connectivity index (χ0v) is 9.53.